The van der Waals surface area contributed by atoms with E-state index in [0.717, 1.165) is 36.7 Å². The van der Waals surface area contributed by atoms with Gasteiger partial charge in [-0.15, -0.1) is 0 Å². The Hall–Kier alpha value is -3.07. The monoisotopic (exact) mass is 719 g/mol. The average Bonchev–Trinajstić information content (AvgIpc) is 3.58. The van der Waals surface area contributed by atoms with Crippen molar-refractivity contribution in [3.8, 4) is 0 Å². The molecule has 0 saturated carbocycles. The maximum absolute atomic E-state index is 13.9. The van der Waals surface area contributed by atoms with Gasteiger partial charge in [0, 0.05) is 38.8 Å². The van der Waals surface area contributed by atoms with Crippen molar-refractivity contribution in [1.82, 2.24) is 14.4 Å². The molecular weight excluding hydrogens is 677 g/mol. The van der Waals surface area contributed by atoms with Gasteiger partial charge in [-0.05, 0) is 25.5 Å². The Labute approximate surface area is 274 Å². The van der Waals surface area contributed by atoms with E-state index in [-0.39, 0.29) is 74.5 Å². The van der Waals surface area contributed by atoms with Gasteiger partial charge in [0.15, 0.2) is 11.0 Å². The number of β-amino-alcohol motifs (C(OH)–C–C–N with tert-alkyl or cyclic N) is 2. The van der Waals surface area contributed by atoms with Gasteiger partial charge in [-0.25, -0.2) is 9.13 Å². The number of carbonyl (C=O) groups excluding carboxylic acids is 3. The van der Waals surface area contributed by atoms with Crippen LogP contribution in [0.25, 0.3) is 11.0 Å². The van der Waals surface area contributed by atoms with E-state index in [1.807, 2.05) is 33.1 Å². The lowest BCUT2D eigenvalue weighted by molar-refractivity contribution is -0.681. The van der Waals surface area contributed by atoms with Crippen LogP contribution in [0, 0.1) is 0 Å². The number of hydrogen-bond donors (Lipinski definition) is 3. The van der Waals surface area contributed by atoms with E-state index < -0.39 is 12.2 Å². The van der Waals surface area contributed by atoms with E-state index in [4.69, 9.17) is 0 Å². The fraction of sp³-hybridized carbons (Fsp3) is 0.500. The number of aliphatic hydroxyl groups is 3. The second-order valence-corrected chi connectivity index (χ2v) is 11.5. The number of aromatic nitrogens is 2. The van der Waals surface area contributed by atoms with Crippen molar-refractivity contribution in [3.05, 3.63) is 58.9 Å². The Morgan fingerprint density at radius 2 is 1.64 bits per heavy atom. The van der Waals surface area contributed by atoms with E-state index in [1.54, 1.807) is 36.2 Å². The van der Waals surface area contributed by atoms with Gasteiger partial charge in [0.25, 0.3) is 23.5 Å². The molecule has 0 bridgehead atoms. The quantitative estimate of drug-likeness (QED) is 0.0943. The molecule has 2 aliphatic rings. The zero-order valence-electron chi connectivity index (χ0n) is 25.6. The lowest BCUT2D eigenvalue weighted by Gasteiger charge is -2.24. The molecular formula is C32H42IN5O6. The summed E-state index contributed by atoms with van der Waals surface area (Å²) in [6.45, 7) is 5.55. The number of aliphatic hydroxyl groups excluding tert-OH is 3. The minimum atomic E-state index is -0.945. The van der Waals surface area contributed by atoms with Gasteiger partial charge in [0.2, 0.25) is 0 Å². The Morgan fingerprint density at radius 1 is 1.00 bits per heavy atom. The highest BCUT2D eigenvalue weighted by Crippen LogP contribution is 2.32. The molecule has 2 atom stereocenters. The lowest BCUT2D eigenvalue weighted by atomic mass is 10.1. The second-order valence-electron chi connectivity index (χ2n) is 11.5. The van der Waals surface area contributed by atoms with Crippen LogP contribution in [-0.4, -0.2) is 92.9 Å². The largest absolute Gasteiger partial charge is 1.00 e. The molecule has 1 fully saturated rings. The Balaban J connectivity index is 0.00000442. The maximum Gasteiger partial charge on any atom is 0.278 e. The molecule has 44 heavy (non-hydrogen) atoms. The number of nitrogens with zero attached hydrogens (tertiary/aromatic N) is 5. The molecule has 0 aliphatic carbocycles. The smallest absolute Gasteiger partial charge is 0.278 e. The van der Waals surface area contributed by atoms with Crippen molar-refractivity contribution >= 4 is 34.4 Å². The number of fused-ring (bicyclic) bond motifs is 2. The number of hydrogen-bond acceptors (Lipinski definition) is 7. The van der Waals surface area contributed by atoms with Gasteiger partial charge in [0.05, 0.1) is 47.7 Å². The van der Waals surface area contributed by atoms with Crippen molar-refractivity contribution in [2.24, 2.45) is 0 Å². The number of unbranched alkanes of at least 4 members (excludes halogenated alkanes) is 3. The summed E-state index contributed by atoms with van der Waals surface area (Å²) in [4.78, 5) is 45.2. The molecule has 238 valence electrons. The summed E-state index contributed by atoms with van der Waals surface area (Å²) in [7, 11) is 1.79. The highest BCUT2D eigenvalue weighted by Gasteiger charge is 2.40. The van der Waals surface area contributed by atoms with Crippen LogP contribution in [0.4, 0.5) is 5.69 Å². The standard InChI is InChI=1S/C32H42N5O6.HI/c1-4-6-7-10-13-33(3)30(41)23-16-25-26(17-24(23)34-18-27(39)28(40)19-34)36(14-15-38)29(35(25)5-2)20-37-31(42)21-11-8-9-12-22(21)32(37)43;/h8-9,11-12,16-17,27-28,38-40H,4-7,10,13-15,18-20H2,1-3H3;1H/q+1;/p-1/t27-,28-;/m0./s1. The third kappa shape index (κ3) is 6.22. The fourth-order valence-electron chi connectivity index (χ4n) is 6.30. The highest BCUT2D eigenvalue weighted by atomic mass is 127. The summed E-state index contributed by atoms with van der Waals surface area (Å²) in [6, 6.07) is 10.5. The summed E-state index contributed by atoms with van der Waals surface area (Å²) in [5.41, 5.74) is 3.21. The van der Waals surface area contributed by atoms with Crippen LogP contribution in [0.15, 0.2) is 36.4 Å². The first-order chi connectivity index (χ1) is 20.7. The van der Waals surface area contributed by atoms with Gasteiger partial charge < -0.3 is 49.1 Å². The van der Waals surface area contributed by atoms with Gasteiger partial charge in [-0.3, -0.25) is 19.3 Å². The summed E-state index contributed by atoms with van der Waals surface area (Å²) in [5.74, 6) is -0.259. The van der Waals surface area contributed by atoms with Gasteiger partial charge in [-0.2, -0.15) is 0 Å². The molecule has 3 N–H and O–H groups in total. The molecule has 2 aromatic carbocycles. The first-order valence-electron chi connectivity index (χ1n) is 15.2. The molecule has 2 aliphatic heterocycles. The van der Waals surface area contributed by atoms with Crippen LogP contribution in [-0.2, 0) is 19.6 Å². The van der Waals surface area contributed by atoms with Crippen LogP contribution < -0.4 is 33.4 Å². The van der Waals surface area contributed by atoms with Crippen molar-refractivity contribution in [2.75, 3.05) is 38.2 Å². The molecule has 3 amide bonds. The first-order valence-corrected chi connectivity index (χ1v) is 15.2. The molecule has 3 aromatic rings. The number of halogens is 1. The van der Waals surface area contributed by atoms with Gasteiger partial charge in [-0.1, -0.05) is 38.3 Å². The van der Waals surface area contributed by atoms with Crippen LogP contribution in [0.2, 0.25) is 0 Å². The minimum absolute atomic E-state index is 0. The van der Waals surface area contributed by atoms with Crippen molar-refractivity contribution < 1.29 is 58.2 Å². The Morgan fingerprint density at radius 3 is 2.20 bits per heavy atom. The number of carbonyl (C=O) groups is 3. The van der Waals surface area contributed by atoms with Crippen LogP contribution >= 0.6 is 0 Å². The van der Waals surface area contributed by atoms with E-state index in [0.29, 0.717) is 41.3 Å². The number of aryl methyl sites for hydroxylation is 1. The molecule has 0 unspecified atom stereocenters. The molecule has 1 aromatic heterocycles. The fourth-order valence-corrected chi connectivity index (χ4v) is 6.30. The predicted molar refractivity (Wildman–Crippen MR) is 161 cm³/mol. The number of anilines is 1. The van der Waals surface area contributed by atoms with Crippen molar-refractivity contribution in [3.63, 3.8) is 0 Å². The summed E-state index contributed by atoms with van der Waals surface area (Å²) in [5, 5.41) is 30.8. The summed E-state index contributed by atoms with van der Waals surface area (Å²) >= 11 is 0. The molecule has 12 heteroatoms. The zero-order valence-corrected chi connectivity index (χ0v) is 27.7. The van der Waals surface area contributed by atoms with Gasteiger partial charge >= 0.3 is 0 Å². The average molecular weight is 720 g/mol. The van der Waals surface area contributed by atoms with Crippen LogP contribution in [0.3, 0.4) is 0 Å². The topological polar surface area (TPSA) is 130 Å². The number of imide groups is 1. The number of rotatable bonds is 12. The van der Waals surface area contributed by atoms with Crippen LogP contribution in [0.5, 0.6) is 0 Å². The van der Waals surface area contributed by atoms with E-state index in [9.17, 15) is 29.7 Å². The number of imidazole rings is 1. The van der Waals surface area contributed by atoms with E-state index in [2.05, 4.69) is 6.92 Å². The number of benzene rings is 2. The molecule has 1 saturated heterocycles. The summed E-state index contributed by atoms with van der Waals surface area (Å²) < 4.78 is 3.86. The Bertz CT molecular complexity index is 1500. The zero-order chi connectivity index (χ0) is 30.8. The third-order valence-corrected chi connectivity index (χ3v) is 8.64. The third-order valence-electron chi connectivity index (χ3n) is 8.64. The van der Waals surface area contributed by atoms with E-state index >= 15 is 0 Å². The maximum atomic E-state index is 13.9. The van der Waals surface area contributed by atoms with Gasteiger partial charge in [0.1, 0.15) is 13.1 Å². The number of amides is 3. The summed E-state index contributed by atoms with van der Waals surface area (Å²) in [6.07, 6.45) is 2.24. The highest BCUT2D eigenvalue weighted by molar-refractivity contribution is 6.21. The molecule has 11 nitrogen and oxygen atoms in total. The van der Waals surface area contributed by atoms with E-state index in [1.165, 1.54) is 4.90 Å². The molecule has 3 heterocycles. The van der Waals surface area contributed by atoms with Crippen LogP contribution in [0.1, 0.15) is 76.4 Å². The first kappa shape index (κ1) is 33.8. The predicted octanol–water partition coefficient (Wildman–Crippen LogP) is -1.06. The normalized spacial score (nSPS) is 17.9. The van der Waals surface area contributed by atoms with Crippen molar-refractivity contribution in [1.29, 1.82) is 0 Å². The minimum Gasteiger partial charge on any atom is -1.00 e. The molecule has 0 spiro atoms. The Kier molecular flexibility index (Phi) is 11.0. The second kappa shape index (κ2) is 14.4. The molecule has 5 rings (SSSR count). The SMILES string of the molecule is CCCCCCN(C)C(=O)c1cc2c(cc1N1C[C@H](O)[C@@H](O)C1)[n+](CCO)c(CN1C(=O)c3ccccc3C1=O)n2CC.[I-]. The lowest BCUT2D eigenvalue weighted by Crippen LogP contribution is -3.00. The molecule has 0 radical (unpaired) electrons. The van der Waals surface area contributed by atoms with Crippen molar-refractivity contribution in [2.45, 2.75) is 71.4 Å².